The van der Waals surface area contributed by atoms with Crippen LogP contribution in [0.25, 0.3) is 0 Å². The van der Waals surface area contributed by atoms with Crippen molar-refractivity contribution in [1.82, 2.24) is 5.32 Å². The van der Waals surface area contributed by atoms with Gasteiger partial charge in [-0.1, -0.05) is 24.6 Å². The monoisotopic (exact) mass is 291 g/mol. The van der Waals surface area contributed by atoms with Gasteiger partial charge < -0.3 is 19.9 Å². The molecular weight excluding hydrogens is 266 g/mol. The highest BCUT2D eigenvalue weighted by Crippen LogP contribution is 2.39. The number of benzene rings is 1. The first-order chi connectivity index (χ1) is 10.3. The number of ether oxygens (including phenoxy) is 2. The zero-order chi connectivity index (χ0) is 14.5. The van der Waals surface area contributed by atoms with Crippen molar-refractivity contribution in [3.63, 3.8) is 0 Å². The van der Waals surface area contributed by atoms with Gasteiger partial charge in [-0.25, -0.2) is 0 Å². The molecule has 1 spiro atoms. The minimum absolute atomic E-state index is 0.263. The van der Waals surface area contributed by atoms with Crippen LogP contribution in [0.15, 0.2) is 24.3 Å². The maximum Gasteiger partial charge on any atom is 0.168 e. The van der Waals surface area contributed by atoms with Crippen LogP contribution in [0.2, 0.25) is 0 Å². The van der Waals surface area contributed by atoms with Gasteiger partial charge in [-0.3, -0.25) is 0 Å². The summed E-state index contributed by atoms with van der Waals surface area (Å²) in [6.45, 7) is 3.18. The molecule has 21 heavy (non-hydrogen) atoms. The summed E-state index contributed by atoms with van der Waals surface area (Å²) in [7, 11) is 0. The molecule has 3 rings (SSSR count). The molecule has 1 aliphatic heterocycles. The van der Waals surface area contributed by atoms with Crippen molar-refractivity contribution < 1.29 is 14.6 Å². The smallest absolute Gasteiger partial charge is 0.168 e. The Labute approximate surface area is 126 Å². The Morgan fingerprint density at radius 2 is 2.05 bits per heavy atom. The largest absolute Gasteiger partial charge is 0.508 e. The molecule has 2 fully saturated rings. The van der Waals surface area contributed by atoms with E-state index in [0.717, 1.165) is 51.1 Å². The Bertz CT molecular complexity index is 457. The van der Waals surface area contributed by atoms with Crippen LogP contribution in [0, 0.1) is 5.92 Å². The van der Waals surface area contributed by atoms with E-state index in [1.807, 2.05) is 18.2 Å². The molecule has 4 nitrogen and oxygen atoms in total. The second-order valence-electron chi connectivity index (χ2n) is 6.16. The van der Waals surface area contributed by atoms with Crippen LogP contribution < -0.4 is 5.32 Å². The summed E-state index contributed by atoms with van der Waals surface area (Å²) in [5.41, 5.74) is 0.958. The molecule has 1 heterocycles. The summed E-state index contributed by atoms with van der Waals surface area (Å²) in [6, 6.07) is 7.49. The minimum atomic E-state index is -0.263. The van der Waals surface area contributed by atoms with Gasteiger partial charge in [0.1, 0.15) is 5.75 Å². The topological polar surface area (TPSA) is 50.7 Å². The summed E-state index contributed by atoms with van der Waals surface area (Å²) in [6.07, 6.45) is 5.69. The van der Waals surface area contributed by atoms with E-state index >= 15 is 0 Å². The maximum absolute atomic E-state index is 9.72. The van der Waals surface area contributed by atoms with Crippen LogP contribution >= 0.6 is 0 Å². The van der Waals surface area contributed by atoms with Gasteiger partial charge in [0.25, 0.3) is 0 Å². The number of hydrogen-bond acceptors (Lipinski definition) is 4. The molecule has 0 amide bonds. The Morgan fingerprint density at radius 3 is 2.86 bits per heavy atom. The molecule has 0 bridgehead atoms. The average Bonchev–Trinajstić information content (AvgIpc) is 2.93. The van der Waals surface area contributed by atoms with Crippen molar-refractivity contribution in [3.8, 4) is 5.75 Å². The molecule has 1 aromatic carbocycles. The third kappa shape index (κ3) is 3.76. The first-order valence-electron chi connectivity index (χ1n) is 8.03. The molecule has 0 aromatic heterocycles. The van der Waals surface area contributed by atoms with Crippen molar-refractivity contribution in [3.05, 3.63) is 29.8 Å². The van der Waals surface area contributed by atoms with Gasteiger partial charge in [-0.2, -0.15) is 0 Å². The average molecular weight is 291 g/mol. The van der Waals surface area contributed by atoms with Gasteiger partial charge in [0.05, 0.1) is 13.2 Å². The standard InChI is InChI=1S/C17H25NO3/c19-16-6-2-1-5-15(16)13-18-9-7-14-4-3-8-17(12-14)20-10-11-21-17/h1-2,5-6,14,18-19H,3-4,7-13H2. The first-order valence-corrected chi connectivity index (χ1v) is 8.03. The van der Waals surface area contributed by atoms with Gasteiger partial charge in [0, 0.05) is 24.9 Å². The second kappa shape index (κ2) is 6.77. The summed E-state index contributed by atoms with van der Waals surface area (Å²) >= 11 is 0. The zero-order valence-electron chi connectivity index (χ0n) is 12.5. The molecular formula is C17H25NO3. The molecule has 1 atom stereocenters. The molecule has 1 aliphatic carbocycles. The van der Waals surface area contributed by atoms with E-state index in [1.54, 1.807) is 6.07 Å². The molecule has 4 heteroatoms. The lowest BCUT2D eigenvalue weighted by atomic mass is 9.83. The number of phenolic OH excluding ortho intramolecular Hbond substituents is 1. The molecule has 116 valence electrons. The number of rotatable bonds is 5. The van der Waals surface area contributed by atoms with Crippen molar-refractivity contribution in [2.75, 3.05) is 19.8 Å². The van der Waals surface area contributed by atoms with Crippen LogP contribution in [0.1, 0.15) is 37.7 Å². The number of para-hydroxylation sites is 1. The predicted octanol–water partition coefficient (Wildman–Crippen LogP) is 2.81. The van der Waals surface area contributed by atoms with E-state index in [-0.39, 0.29) is 5.79 Å². The fraction of sp³-hybridized carbons (Fsp3) is 0.647. The van der Waals surface area contributed by atoms with E-state index in [1.165, 1.54) is 12.8 Å². The van der Waals surface area contributed by atoms with Crippen LogP contribution in [-0.2, 0) is 16.0 Å². The molecule has 1 saturated carbocycles. The Morgan fingerprint density at radius 1 is 1.24 bits per heavy atom. The van der Waals surface area contributed by atoms with Gasteiger partial charge in [0.15, 0.2) is 5.79 Å². The summed E-state index contributed by atoms with van der Waals surface area (Å²) in [4.78, 5) is 0. The van der Waals surface area contributed by atoms with E-state index in [2.05, 4.69) is 5.32 Å². The first kappa shape index (κ1) is 14.8. The molecule has 1 saturated heterocycles. The SMILES string of the molecule is Oc1ccccc1CNCCC1CCCC2(C1)OCCO2. The third-order valence-electron chi connectivity index (χ3n) is 4.62. The lowest BCUT2D eigenvalue weighted by molar-refractivity contribution is -0.187. The number of phenols is 1. The van der Waals surface area contributed by atoms with Crippen molar-refractivity contribution >= 4 is 0 Å². The summed E-state index contributed by atoms with van der Waals surface area (Å²) in [5.74, 6) is 0.781. The number of aromatic hydroxyl groups is 1. The molecule has 1 aromatic rings. The van der Waals surface area contributed by atoms with Crippen LogP contribution in [0.3, 0.4) is 0 Å². The highest BCUT2D eigenvalue weighted by molar-refractivity contribution is 5.31. The van der Waals surface area contributed by atoms with Crippen LogP contribution in [-0.4, -0.2) is 30.7 Å². The van der Waals surface area contributed by atoms with E-state index in [9.17, 15) is 5.11 Å². The lowest BCUT2D eigenvalue weighted by Crippen LogP contribution is -2.37. The summed E-state index contributed by atoms with van der Waals surface area (Å²) < 4.78 is 11.7. The van der Waals surface area contributed by atoms with E-state index in [0.29, 0.717) is 11.7 Å². The highest BCUT2D eigenvalue weighted by atomic mass is 16.7. The second-order valence-corrected chi connectivity index (χ2v) is 6.16. The van der Waals surface area contributed by atoms with Crippen LogP contribution in [0.4, 0.5) is 0 Å². The molecule has 2 N–H and O–H groups in total. The normalized spacial score (nSPS) is 24.5. The van der Waals surface area contributed by atoms with Crippen LogP contribution in [0.5, 0.6) is 5.75 Å². The van der Waals surface area contributed by atoms with Gasteiger partial charge in [-0.05, 0) is 31.4 Å². The highest BCUT2D eigenvalue weighted by Gasteiger charge is 2.40. The van der Waals surface area contributed by atoms with E-state index < -0.39 is 0 Å². The Kier molecular flexibility index (Phi) is 4.78. The fourth-order valence-corrected chi connectivity index (χ4v) is 3.50. The number of nitrogens with one attached hydrogen (secondary N) is 1. The Hall–Kier alpha value is -1.10. The fourth-order valence-electron chi connectivity index (χ4n) is 3.50. The molecule has 1 unspecified atom stereocenters. The lowest BCUT2D eigenvalue weighted by Gasteiger charge is -2.36. The predicted molar refractivity (Wildman–Crippen MR) is 81.0 cm³/mol. The summed E-state index contributed by atoms with van der Waals surface area (Å²) in [5, 5.41) is 13.2. The minimum Gasteiger partial charge on any atom is -0.508 e. The van der Waals surface area contributed by atoms with Gasteiger partial charge in [-0.15, -0.1) is 0 Å². The van der Waals surface area contributed by atoms with Crippen molar-refractivity contribution in [1.29, 1.82) is 0 Å². The molecule has 2 aliphatic rings. The van der Waals surface area contributed by atoms with Crippen molar-refractivity contribution in [2.24, 2.45) is 5.92 Å². The maximum atomic E-state index is 9.72. The van der Waals surface area contributed by atoms with E-state index in [4.69, 9.17) is 9.47 Å². The van der Waals surface area contributed by atoms with Crippen molar-refractivity contribution in [2.45, 2.75) is 44.4 Å². The molecule has 0 radical (unpaired) electrons. The van der Waals surface area contributed by atoms with Gasteiger partial charge in [0.2, 0.25) is 0 Å². The Balaban J connectivity index is 1.40. The zero-order valence-corrected chi connectivity index (χ0v) is 12.5. The van der Waals surface area contributed by atoms with Gasteiger partial charge >= 0.3 is 0 Å². The number of hydrogen-bond donors (Lipinski definition) is 2. The third-order valence-corrected chi connectivity index (χ3v) is 4.62. The quantitative estimate of drug-likeness (QED) is 0.819.